The van der Waals surface area contributed by atoms with E-state index < -0.39 is 0 Å². The fraction of sp³-hybridized carbons (Fsp3) is 0.375. The first-order valence-electron chi connectivity index (χ1n) is 7.32. The minimum atomic E-state index is -0.121. The molecule has 1 saturated heterocycles. The van der Waals surface area contributed by atoms with Crippen LogP contribution in [-0.2, 0) is 0 Å². The van der Waals surface area contributed by atoms with Gasteiger partial charge in [0.05, 0.1) is 11.7 Å². The van der Waals surface area contributed by atoms with Crippen molar-refractivity contribution in [3.05, 3.63) is 46.3 Å². The van der Waals surface area contributed by atoms with Crippen molar-refractivity contribution in [3.63, 3.8) is 0 Å². The zero-order valence-corrected chi connectivity index (χ0v) is 13.4. The number of carbonyl (C=O) groups is 1. The fourth-order valence-electron chi connectivity index (χ4n) is 3.04. The van der Waals surface area contributed by atoms with Crippen LogP contribution in [-0.4, -0.2) is 22.6 Å². The monoisotopic (exact) mass is 319 g/mol. The summed E-state index contributed by atoms with van der Waals surface area (Å²) >= 11 is 5.95. The van der Waals surface area contributed by atoms with Gasteiger partial charge in [0, 0.05) is 22.8 Å². The van der Waals surface area contributed by atoms with Crippen molar-refractivity contribution in [2.45, 2.75) is 32.7 Å². The predicted molar refractivity (Wildman–Crippen MR) is 85.1 cm³/mol. The number of hydrogen-bond donors (Lipinski definition) is 1. The number of rotatable bonds is 2. The summed E-state index contributed by atoms with van der Waals surface area (Å²) < 4.78 is 5.24. The van der Waals surface area contributed by atoms with Crippen LogP contribution in [0, 0.1) is 13.8 Å². The van der Waals surface area contributed by atoms with E-state index in [0.29, 0.717) is 10.7 Å². The molecule has 1 aliphatic heterocycles. The van der Waals surface area contributed by atoms with Crippen molar-refractivity contribution in [2.24, 2.45) is 0 Å². The Morgan fingerprint density at radius 3 is 2.95 bits per heavy atom. The van der Waals surface area contributed by atoms with E-state index in [-0.39, 0.29) is 12.1 Å². The summed E-state index contributed by atoms with van der Waals surface area (Å²) in [5, 5.41) is 7.50. The maximum atomic E-state index is 12.6. The molecule has 2 heterocycles. The van der Waals surface area contributed by atoms with Gasteiger partial charge in [-0.3, -0.25) is 0 Å². The zero-order chi connectivity index (χ0) is 15.7. The van der Waals surface area contributed by atoms with Gasteiger partial charge in [-0.1, -0.05) is 22.8 Å². The molecule has 1 aromatic heterocycles. The van der Waals surface area contributed by atoms with E-state index in [4.69, 9.17) is 16.1 Å². The molecule has 1 aromatic carbocycles. The van der Waals surface area contributed by atoms with Crippen molar-refractivity contribution >= 4 is 23.3 Å². The Bertz CT molecular complexity index is 679. The SMILES string of the molecule is Cc1noc(C)c1[C@@H]1CCCN1C(=O)Nc1cccc(Cl)c1. The van der Waals surface area contributed by atoms with Crippen molar-refractivity contribution in [1.29, 1.82) is 0 Å². The summed E-state index contributed by atoms with van der Waals surface area (Å²) in [6, 6.07) is 7.05. The van der Waals surface area contributed by atoms with Crippen LogP contribution in [0.15, 0.2) is 28.8 Å². The lowest BCUT2D eigenvalue weighted by Gasteiger charge is -2.25. The first kappa shape index (κ1) is 14.9. The molecule has 0 unspecified atom stereocenters. The van der Waals surface area contributed by atoms with Crippen LogP contribution in [0.25, 0.3) is 0 Å². The lowest BCUT2D eigenvalue weighted by Crippen LogP contribution is -2.34. The number of anilines is 1. The molecule has 2 amide bonds. The number of aryl methyl sites for hydroxylation is 2. The van der Waals surface area contributed by atoms with Gasteiger partial charge in [0.25, 0.3) is 0 Å². The molecule has 116 valence electrons. The Hall–Kier alpha value is -2.01. The average molecular weight is 320 g/mol. The van der Waals surface area contributed by atoms with E-state index in [0.717, 1.165) is 36.4 Å². The van der Waals surface area contributed by atoms with Crippen molar-refractivity contribution in [3.8, 4) is 0 Å². The van der Waals surface area contributed by atoms with Crippen molar-refractivity contribution in [2.75, 3.05) is 11.9 Å². The third-order valence-corrected chi connectivity index (χ3v) is 4.25. The highest BCUT2D eigenvalue weighted by Crippen LogP contribution is 2.35. The van der Waals surface area contributed by atoms with Crippen LogP contribution in [0.5, 0.6) is 0 Å². The number of nitrogens with zero attached hydrogens (tertiary/aromatic N) is 2. The fourth-order valence-corrected chi connectivity index (χ4v) is 3.23. The summed E-state index contributed by atoms with van der Waals surface area (Å²) in [7, 11) is 0. The number of hydrogen-bond acceptors (Lipinski definition) is 3. The number of urea groups is 1. The van der Waals surface area contributed by atoms with Gasteiger partial charge in [-0.15, -0.1) is 0 Å². The molecule has 3 rings (SSSR count). The summed E-state index contributed by atoms with van der Waals surface area (Å²) in [6.45, 7) is 4.53. The molecule has 22 heavy (non-hydrogen) atoms. The molecule has 1 N–H and O–H groups in total. The second-order valence-electron chi connectivity index (χ2n) is 5.53. The molecule has 1 atom stereocenters. The number of carbonyl (C=O) groups excluding carboxylic acids is 1. The van der Waals surface area contributed by atoms with Gasteiger partial charge < -0.3 is 14.7 Å². The van der Waals surface area contributed by atoms with Gasteiger partial charge in [-0.25, -0.2) is 4.79 Å². The van der Waals surface area contributed by atoms with Gasteiger partial charge in [0.1, 0.15) is 5.76 Å². The Labute approximate surface area is 134 Å². The number of benzene rings is 1. The quantitative estimate of drug-likeness (QED) is 0.897. The van der Waals surface area contributed by atoms with Crippen LogP contribution in [0.2, 0.25) is 5.02 Å². The summed E-state index contributed by atoms with van der Waals surface area (Å²) in [5.74, 6) is 0.782. The Kier molecular flexibility index (Phi) is 4.07. The number of likely N-dealkylation sites (tertiary alicyclic amines) is 1. The molecular formula is C16H18ClN3O2. The highest BCUT2D eigenvalue weighted by Gasteiger charge is 2.33. The lowest BCUT2D eigenvalue weighted by atomic mass is 10.0. The summed E-state index contributed by atoms with van der Waals surface area (Å²) in [4.78, 5) is 14.4. The molecular weight excluding hydrogens is 302 g/mol. The third-order valence-electron chi connectivity index (χ3n) is 4.01. The van der Waals surface area contributed by atoms with Crippen LogP contribution in [0.4, 0.5) is 10.5 Å². The molecule has 5 nitrogen and oxygen atoms in total. The minimum Gasteiger partial charge on any atom is -0.361 e. The Balaban J connectivity index is 1.80. The van der Waals surface area contributed by atoms with Crippen LogP contribution < -0.4 is 5.32 Å². The zero-order valence-electron chi connectivity index (χ0n) is 12.6. The number of amides is 2. The lowest BCUT2D eigenvalue weighted by molar-refractivity contribution is 0.206. The molecule has 0 aliphatic carbocycles. The van der Waals surface area contributed by atoms with Crippen LogP contribution in [0.1, 0.15) is 35.9 Å². The number of nitrogens with one attached hydrogen (secondary N) is 1. The van der Waals surface area contributed by atoms with E-state index >= 15 is 0 Å². The topological polar surface area (TPSA) is 58.4 Å². The van der Waals surface area contributed by atoms with E-state index in [2.05, 4.69) is 10.5 Å². The molecule has 0 bridgehead atoms. The van der Waals surface area contributed by atoms with Gasteiger partial charge >= 0.3 is 6.03 Å². The van der Waals surface area contributed by atoms with Crippen molar-refractivity contribution < 1.29 is 9.32 Å². The first-order valence-corrected chi connectivity index (χ1v) is 7.70. The highest BCUT2D eigenvalue weighted by atomic mass is 35.5. The summed E-state index contributed by atoms with van der Waals surface area (Å²) in [6.07, 6.45) is 1.89. The molecule has 0 radical (unpaired) electrons. The smallest absolute Gasteiger partial charge is 0.322 e. The highest BCUT2D eigenvalue weighted by molar-refractivity contribution is 6.30. The van der Waals surface area contributed by atoms with E-state index in [1.165, 1.54) is 0 Å². The maximum absolute atomic E-state index is 12.6. The van der Waals surface area contributed by atoms with Crippen LogP contribution >= 0.6 is 11.6 Å². The summed E-state index contributed by atoms with van der Waals surface area (Å²) in [5.41, 5.74) is 2.57. The normalized spacial score (nSPS) is 17.8. The molecule has 1 aliphatic rings. The first-order chi connectivity index (χ1) is 10.6. The second kappa shape index (κ2) is 6.01. The van der Waals surface area contributed by atoms with E-state index in [9.17, 15) is 4.79 Å². The molecule has 6 heteroatoms. The van der Waals surface area contributed by atoms with Crippen LogP contribution in [0.3, 0.4) is 0 Å². The number of halogens is 1. The van der Waals surface area contributed by atoms with E-state index in [1.54, 1.807) is 12.1 Å². The van der Waals surface area contributed by atoms with E-state index in [1.807, 2.05) is 30.9 Å². The largest absolute Gasteiger partial charge is 0.361 e. The predicted octanol–water partition coefficient (Wildman–Crippen LogP) is 4.31. The Morgan fingerprint density at radius 2 is 2.27 bits per heavy atom. The van der Waals surface area contributed by atoms with Crippen molar-refractivity contribution in [1.82, 2.24) is 10.1 Å². The van der Waals surface area contributed by atoms with Gasteiger partial charge in [0.2, 0.25) is 0 Å². The van der Waals surface area contributed by atoms with Gasteiger partial charge in [-0.05, 0) is 44.9 Å². The third kappa shape index (κ3) is 2.81. The standard InChI is InChI=1S/C16H18ClN3O2/c1-10-15(11(2)22-19-10)14-7-4-8-20(14)16(21)18-13-6-3-5-12(17)9-13/h3,5-6,9,14H,4,7-8H2,1-2H3,(H,18,21)/t14-/m0/s1. The van der Waals surface area contributed by atoms with Gasteiger partial charge in [-0.2, -0.15) is 0 Å². The molecule has 2 aromatic rings. The minimum absolute atomic E-state index is 0.0189. The number of aromatic nitrogens is 1. The molecule has 1 fully saturated rings. The second-order valence-corrected chi connectivity index (χ2v) is 5.97. The van der Waals surface area contributed by atoms with Gasteiger partial charge in [0.15, 0.2) is 0 Å². The average Bonchev–Trinajstić information content (AvgIpc) is 3.05. The molecule has 0 saturated carbocycles. The molecule has 0 spiro atoms. The maximum Gasteiger partial charge on any atom is 0.322 e. The Morgan fingerprint density at radius 1 is 1.45 bits per heavy atom.